The van der Waals surface area contributed by atoms with Gasteiger partial charge in [0.25, 0.3) is 0 Å². The lowest BCUT2D eigenvalue weighted by atomic mass is 9.88. The van der Waals surface area contributed by atoms with E-state index in [9.17, 15) is 0 Å². The Balaban J connectivity index is 2.45. The lowest BCUT2D eigenvalue weighted by molar-refractivity contribution is 0.133. The number of rotatable bonds is 7. The van der Waals surface area contributed by atoms with Gasteiger partial charge in [0.1, 0.15) is 0 Å². The fraction of sp³-hybridized carbons (Fsp3) is 1.00. The monoisotopic (exact) mass is 240 g/mol. The highest BCUT2D eigenvalue weighted by Crippen LogP contribution is 2.23. The molecular weight excluding hydrogens is 208 g/mol. The van der Waals surface area contributed by atoms with Gasteiger partial charge in [-0.3, -0.25) is 0 Å². The Labute approximate surface area is 108 Å². The minimum absolute atomic E-state index is 0.734. The Morgan fingerprint density at radius 1 is 1.24 bits per heavy atom. The van der Waals surface area contributed by atoms with E-state index >= 15 is 0 Å². The summed E-state index contributed by atoms with van der Waals surface area (Å²) in [7, 11) is 2.32. The first-order valence-electron chi connectivity index (χ1n) is 7.62. The minimum atomic E-state index is 0.734. The summed E-state index contributed by atoms with van der Waals surface area (Å²) in [4.78, 5) is 2.61. The molecule has 1 fully saturated rings. The van der Waals surface area contributed by atoms with Gasteiger partial charge in [0, 0.05) is 18.6 Å². The molecule has 3 atom stereocenters. The maximum Gasteiger partial charge on any atom is 0.0246 e. The van der Waals surface area contributed by atoms with Gasteiger partial charge in [-0.15, -0.1) is 0 Å². The largest absolute Gasteiger partial charge is 0.312 e. The van der Waals surface area contributed by atoms with Crippen LogP contribution in [0.25, 0.3) is 0 Å². The number of nitrogens with one attached hydrogen (secondary N) is 1. The van der Waals surface area contributed by atoms with Crippen LogP contribution in [0.2, 0.25) is 0 Å². The molecule has 0 aromatic carbocycles. The van der Waals surface area contributed by atoms with Crippen molar-refractivity contribution in [2.24, 2.45) is 5.92 Å². The molecule has 1 rings (SSSR count). The molecule has 0 saturated heterocycles. The first kappa shape index (κ1) is 15.0. The molecule has 102 valence electrons. The zero-order valence-electron chi connectivity index (χ0n) is 12.3. The molecule has 0 bridgehead atoms. The van der Waals surface area contributed by atoms with Crippen molar-refractivity contribution in [1.82, 2.24) is 10.2 Å². The second kappa shape index (κ2) is 8.10. The van der Waals surface area contributed by atoms with Gasteiger partial charge in [-0.25, -0.2) is 0 Å². The van der Waals surface area contributed by atoms with Crippen LogP contribution >= 0.6 is 0 Å². The van der Waals surface area contributed by atoms with Crippen molar-refractivity contribution in [2.45, 2.75) is 71.4 Å². The molecule has 2 nitrogen and oxygen atoms in total. The fourth-order valence-corrected chi connectivity index (χ4v) is 2.96. The van der Waals surface area contributed by atoms with Crippen molar-refractivity contribution < 1.29 is 0 Å². The van der Waals surface area contributed by atoms with Gasteiger partial charge in [-0.05, 0) is 38.8 Å². The SMILES string of the molecule is CCCNC1CCCCC1N(C)CC(C)CC. The summed E-state index contributed by atoms with van der Waals surface area (Å²) >= 11 is 0. The molecule has 0 aromatic rings. The molecule has 0 aromatic heterocycles. The lowest BCUT2D eigenvalue weighted by Gasteiger charge is -2.39. The maximum atomic E-state index is 3.75. The highest BCUT2D eigenvalue weighted by Gasteiger charge is 2.27. The molecule has 1 N–H and O–H groups in total. The van der Waals surface area contributed by atoms with Crippen LogP contribution in [-0.2, 0) is 0 Å². The smallest absolute Gasteiger partial charge is 0.0246 e. The highest BCUT2D eigenvalue weighted by atomic mass is 15.2. The van der Waals surface area contributed by atoms with Crippen LogP contribution in [0.4, 0.5) is 0 Å². The van der Waals surface area contributed by atoms with Crippen LogP contribution in [0, 0.1) is 5.92 Å². The van der Waals surface area contributed by atoms with Gasteiger partial charge in [0.15, 0.2) is 0 Å². The quantitative estimate of drug-likeness (QED) is 0.735. The molecule has 0 aliphatic heterocycles. The van der Waals surface area contributed by atoms with Crippen LogP contribution in [0.1, 0.15) is 59.3 Å². The van der Waals surface area contributed by atoms with Gasteiger partial charge in [0.05, 0.1) is 0 Å². The van der Waals surface area contributed by atoms with E-state index in [-0.39, 0.29) is 0 Å². The molecule has 0 radical (unpaired) electrons. The van der Waals surface area contributed by atoms with Crippen molar-refractivity contribution in [1.29, 1.82) is 0 Å². The first-order valence-corrected chi connectivity index (χ1v) is 7.62. The van der Waals surface area contributed by atoms with Crippen molar-refractivity contribution >= 4 is 0 Å². The van der Waals surface area contributed by atoms with Crippen LogP contribution in [0.15, 0.2) is 0 Å². The number of hydrogen-bond donors (Lipinski definition) is 1. The van der Waals surface area contributed by atoms with Gasteiger partial charge in [-0.2, -0.15) is 0 Å². The predicted octanol–water partition coefficient (Wildman–Crippen LogP) is 3.28. The third kappa shape index (κ3) is 4.97. The van der Waals surface area contributed by atoms with E-state index in [4.69, 9.17) is 0 Å². The Bertz CT molecular complexity index is 193. The van der Waals surface area contributed by atoms with Crippen molar-refractivity contribution in [3.05, 3.63) is 0 Å². The van der Waals surface area contributed by atoms with Crippen molar-refractivity contribution in [3.63, 3.8) is 0 Å². The summed E-state index contributed by atoms with van der Waals surface area (Å²) in [5.74, 6) is 0.828. The van der Waals surface area contributed by atoms with E-state index in [0.29, 0.717) is 0 Å². The highest BCUT2D eigenvalue weighted by molar-refractivity contribution is 4.87. The Hall–Kier alpha value is -0.0800. The zero-order valence-corrected chi connectivity index (χ0v) is 12.3. The Kier molecular flexibility index (Phi) is 7.14. The standard InChI is InChI=1S/C15H32N2/c1-5-11-16-14-9-7-8-10-15(14)17(4)12-13(3)6-2/h13-16H,5-12H2,1-4H3. The van der Waals surface area contributed by atoms with E-state index in [2.05, 4.69) is 38.0 Å². The molecule has 3 unspecified atom stereocenters. The van der Waals surface area contributed by atoms with Crippen LogP contribution in [0.3, 0.4) is 0 Å². The topological polar surface area (TPSA) is 15.3 Å². The normalized spacial score (nSPS) is 27.4. The third-order valence-corrected chi connectivity index (χ3v) is 4.25. The zero-order chi connectivity index (χ0) is 12.7. The summed E-state index contributed by atoms with van der Waals surface area (Å²) in [6.45, 7) is 9.36. The van der Waals surface area contributed by atoms with Crippen molar-refractivity contribution in [3.8, 4) is 0 Å². The molecule has 0 heterocycles. The molecule has 1 saturated carbocycles. The van der Waals surface area contributed by atoms with Crippen LogP contribution in [0.5, 0.6) is 0 Å². The Morgan fingerprint density at radius 3 is 2.59 bits per heavy atom. The fourth-order valence-electron chi connectivity index (χ4n) is 2.96. The van der Waals surface area contributed by atoms with Crippen LogP contribution < -0.4 is 5.32 Å². The second-order valence-electron chi connectivity index (χ2n) is 5.87. The maximum absolute atomic E-state index is 3.75. The average Bonchev–Trinajstić information content (AvgIpc) is 2.36. The summed E-state index contributed by atoms with van der Waals surface area (Å²) in [6.07, 6.45) is 8.13. The van der Waals surface area contributed by atoms with Gasteiger partial charge >= 0.3 is 0 Å². The summed E-state index contributed by atoms with van der Waals surface area (Å²) < 4.78 is 0. The molecule has 2 heteroatoms. The van der Waals surface area contributed by atoms with Crippen molar-refractivity contribution in [2.75, 3.05) is 20.1 Å². The predicted molar refractivity (Wildman–Crippen MR) is 76.4 cm³/mol. The van der Waals surface area contributed by atoms with E-state index in [1.807, 2.05) is 0 Å². The van der Waals surface area contributed by atoms with E-state index in [1.54, 1.807) is 0 Å². The number of hydrogen-bond acceptors (Lipinski definition) is 2. The van der Waals surface area contributed by atoms with Gasteiger partial charge in [0.2, 0.25) is 0 Å². The van der Waals surface area contributed by atoms with E-state index < -0.39 is 0 Å². The summed E-state index contributed by atoms with van der Waals surface area (Å²) in [5, 5.41) is 3.75. The second-order valence-corrected chi connectivity index (χ2v) is 5.87. The molecular formula is C15H32N2. The Morgan fingerprint density at radius 2 is 1.94 bits per heavy atom. The number of nitrogens with zero attached hydrogens (tertiary/aromatic N) is 1. The minimum Gasteiger partial charge on any atom is -0.312 e. The van der Waals surface area contributed by atoms with E-state index in [1.165, 1.54) is 51.6 Å². The third-order valence-electron chi connectivity index (χ3n) is 4.25. The first-order chi connectivity index (χ1) is 8.19. The lowest BCUT2D eigenvalue weighted by Crippen LogP contribution is -2.51. The molecule has 0 amide bonds. The average molecular weight is 240 g/mol. The summed E-state index contributed by atoms with van der Waals surface area (Å²) in [6, 6.07) is 1.50. The number of likely N-dealkylation sites (N-methyl/N-ethyl adjacent to an activating group) is 1. The molecule has 17 heavy (non-hydrogen) atoms. The molecule has 1 aliphatic rings. The van der Waals surface area contributed by atoms with Gasteiger partial charge in [-0.1, -0.05) is 40.0 Å². The summed E-state index contributed by atoms with van der Waals surface area (Å²) in [5.41, 5.74) is 0. The molecule has 1 aliphatic carbocycles. The van der Waals surface area contributed by atoms with E-state index in [0.717, 1.165) is 18.0 Å². The van der Waals surface area contributed by atoms with Gasteiger partial charge < -0.3 is 10.2 Å². The van der Waals surface area contributed by atoms with Crippen LogP contribution in [-0.4, -0.2) is 37.1 Å². The molecule has 0 spiro atoms.